The summed E-state index contributed by atoms with van der Waals surface area (Å²) in [4.78, 5) is 23.3. The van der Waals surface area contributed by atoms with Crippen molar-refractivity contribution in [1.82, 2.24) is 5.32 Å². The molecule has 2 rings (SSSR count). The van der Waals surface area contributed by atoms with Gasteiger partial charge >= 0.3 is 5.97 Å². The summed E-state index contributed by atoms with van der Waals surface area (Å²) in [6.07, 6.45) is 0.342. The van der Waals surface area contributed by atoms with E-state index >= 15 is 0 Å². The lowest BCUT2D eigenvalue weighted by molar-refractivity contribution is -0.143. The topological polar surface area (TPSA) is 66.4 Å². The molecular formula is C12H11BrFNO3S. The molecule has 4 nitrogen and oxygen atoms in total. The second kappa shape index (κ2) is 5.50. The standard InChI is InChI=1S/C12H11BrFNO3S/c13-7-1-2-9(14)8(5-7)10(16)15-12(11(17)18)3-4-19-6-12/h1-2,5H,3-4,6H2,(H,15,16)(H,17,18). The third kappa shape index (κ3) is 2.92. The lowest BCUT2D eigenvalue weighted by atomic mass is 9.98. The van der Waals surface area contributed by atoms with Crippen LogP contribution in [-0.2, 0) is 4.79 Å². The SMILES string of the molecule is O=C(NC1(C(=O)O)CCSC1)c1cc(Br)ccc1F. The van der Waals surface area contributed by atoms with Crippen molar-refractivity contribution in [2.45, 2.75) is 12.0 Å². The van der Waals surface area contributed by atoms with E-state index in [0.29, 0.717) is 22.4 Å². The molecule has 0 spiro atoms. The monoisotopic (exact) mass is 347 g/mol. The fraction of sp³-hybridized carbons (Fsp3) is 0.333. The third-order valence-corrected chi connectivity index (χ3v) is 4.64. The van der Waals surface area contributed by atoms with Crippen LogP contribution in [0.25, 0.3) is 0 Å². The number of carboxylic acid groups (broad SMARTS) is 1. The van der Waals surface area contributed by atoms with Gasteiger partial charge in [-0.1, -0.05) is 15.9 Å². The average molecular weight is 348 g/mol. The second-order valence-corrected chi connectivity index (χ2v) is 6.29. The Morgan fingerprint density at radius 3 is 2.79 bits per heavy atom. The lowest BCUT2D eigenvalue weighted by Gasteiger charge is -2.24. The highest BCUT2D eigenvalue weighted by atomic mass is 79.9. The van der Waals surface area contributed by atoms with Gasteiger partial charge < -0.3 is 10.4 Å². The first-order valence-electron chi connectivity index (χ1n) is 5.53. The van der Waals surface area contributed by atoms with Crippen LogP contribution in [0, 0.1) is 5.82 Å². The van der Waals surface area contributed by atoms with E-state index in [1.54, 1.807) is 0 Å². The van der Waals surface area contributed by atoms with E-state index in [4.69, 9.17) is 0 Å². The molecule has 1 heterocycles. The van der Waals surface area contributed by atoms with Crippen molar-refractivity contribution >= 4 is 39.6 Å². The van der Waals surface area contributed by atoms with E-state index in [-0.39, 0.29) is 5.56 Å². The van der Waals surface area contributed by atoms with Gasteiger partial charge in [0.05, 0.1) is 5.56 Å². The van der Waals surface area contributed by atoms with Gasteiger partial charge in [-0.2, -0.15) is 11.8 Å². The zero-order chi connectivity index (χ0) is 14.0. The molecule has 1 unspecified atom stereocenters. The van der Waals surface area contributed by atoms with E-state index in [0.717, 1.165) is 6.07 Å². The first-order chi connectivity index (χ1) is 8.94. The second-order valence-electron chi connectivity index (χ2n) is 4.27. The molecular weight excluding hydrogens is 337 g/mol. The number of amides is 1. The van der Waals surface area contributed by atoms with Gasteiger partial charge in [-0.3, -0.25) is 4.79 Å². The average Bonchev–Trinajstić information content (AvgIpc) is 2.82. The summed E-state index contributed by atoms with van der Waals surface area (Å²) in [6, 6.07) is 3.97. The maximum Gasteiger partial charge on any atom is 0.330 e. The van der Waals surface area contributed by atoms with Gasteiger partial charge in [0, 0.05) is 10.2 Å². The number of thioether (sulfide) groups is 1. The van der Waals surface area contributed by atoms with Gasteiger partial charge in [0.25, 0.3) is 5.91 Å². The molecule has 7 heteroatoms. The summed E-state index contributed by atoms with van der Waals surface area (Å²) in [5.74, 6) is -1.51. The van der Waals surface area contributed by atoms with Gasteiger partial charge in [0.2, 0.25) is 0 Å². The zero-order valence-corrected chi connectivity index (χ0v) is 12.2. The quantitative estimate of drug-likeness (QED) is 0.880. The van der Waals surface area contributed by atoms with Gasteiger partial charge in [0.15, 0.2) is 0 Å². The number of hydrogen-bond donors (Lipinski definition) is 2. The summed E-state index contributed by atoms with van der Waals surface area (Å²) in [5.41, 5.74) is -1.46. The van der Waals surface area contributed by atoms with Crippen LogP contribution in [0.3, 0.4) is 0 Å². The number of carboxylic acids is 1. The Morgan fingerprint density at radius 2 is 2.21 bits per heavy atom. The van der Waals surface area contributed by atoms with Crippen LogP contribution in [0.1, 0.15) is 16.8 Å². The number of halogens is 2. The maximum atomic E-state index is 13.6. The highest BCUT2D eigenvalue weighted by Crippen LogP contribution is 2.29. The summed E-state index contributed by atoms with van der Waals surface area (Å²) in [5, 5.41) is 11.7. The number of aliphatic carboxylic acids is 1. The Labute approximate surface area is 121 Å². The molecule has 1 saturated heterocycles. The van der Waals surface area contributed by atoms with E-state index in [2.05, 4.69) is 21.2 Å². The molecule has 19 heavy (non-hydrogen) atoms. The molecule has 1 aromatic carbocycles. The van der Waals surface area contributed by atoms with E-state index < -0.39 is 23.2 Å². The maximum absolute atomic E-state index is 13.6. The first kappa shape index (κ1) is 14.3. The largest absolute Gasteiger partial charge is 0.479 e. The van der Waals surface area contributed by atoms with Crippen molar-refractivity contribution in [3.8, 4) is 0 Å². The minimum Gasteiger partial charge on any atom is -0.479 e. The molecule has 1 atom stereocenters. The minimum atomic E-state index is -1.30. The van der Waals surface area contributed by atoms with Crippen molar-refractivity contribution in [2.75, 3.05) is 11.5 Å². The van der Waals surface area contributed by atoms with Crippen LogP contribution in [-0.4, -0.2) is 34.0 Å². The molecule has 0 bridgehead atoms. The predicted octanol–water partition coefficient (Wildman–Crippen LogP) is 2.28. The Bertz CT molecular complexity index is 532. The molecule has 1 fully saturated rings. The summed E-state index contributed by atoms with van der Waals surface area (Å²) in [6.45, 7) is 0. The van der Waals surface area contributed by atoms with Crippen LogP contribution in [0.5, 0.6) is 0 Å². The molecule has 102 valence electrons. The normalized spacial score (nSPS) is 22.2. The number of hydrogen-bond acceptors (Lipinski definition) is 3. The van der Waals surface area contributed by atoms with Gasteiger partial charge in [-0.05, 0) is 30.4 Å². The fourth-order valence-corrected chi connectivity index (χ4v) is 3.53. The minimum absolute atomic E-state index is 0.160. The van der Waals surface area contributed by atoms with Gasteiger partial charge in [0.1, 0.15) is 11.4 Å². The molecule has 1 aliphatic heterocycles. The Morgan fingerprint density at radius 1 is 1.47 bits per heavy atom. The number of carbonyl (C=O) groups is 2. The zero-order valence-electron chi connectivity index (χ0n) is 9.78. The van der Waals surface area contributed by atoms with Crippen LogP contribution in [0.2, 0.25) is 0 Å². The molecule has 0 radical (unpaired) electrons. The van der Waals surface area contributed by atoms with Crippen molar-refractivity contribution < 1.29 is 19.1 Å². The number of carbonyl (C=O) groups excluding carboxylic acids is 1. The smallest absolute Gasteiger partial charge is 0.330 e. The summed E-state index contributed by atoms with van der Waals surface area (Å²) < 4.78 is 14.1. The molecule has 0 aromatic heterocycles. The Balaban J connectivity index is 2.25. The van der Waals surface area contributed by atoms with Crippen molar-refractivity contribution in [1.29, 1.82) is 0 Å². The first-order valence-corrected chi connectivity index (χ1v) is 7.48. The summed E-state index contributed by atoms with van der Waals surface area (Å²) in [7, 11) is 0. The van der Waals surface area contributed by atoms with Crippen molar-refractivity contribution in [3.63, 3.8) is 0 Å². The van der Waals surface area contributed by atoms with E-state index in [1.807, 2.05) is 0 Å². The number of benzene rings is 1. The molecule has 1 amide bonds. The van der Waals surface area contributed by atoms with Crippen LogP contribution in [0.4, 0.5) is 4.39 Å². The van der Waals surface area contributed by atoms with E-state index in [1.165, 1.54) is 23.9 Å². The molecule has 1 aliphatic rings. The van der Waals surface area contributed by atoms with Crippen LogP contribution < -0.4 is 5.32 Å². The molecule has 0 aliphatic carbocycles. The molecule has 0 saturated carbocycles. The molecule has 2 N–H and O–H groups in total. The highest BCUT2D eigenvalue weighted by Gasteiger charge is 2.43. The van der Waals surface area contributed by atoms with Gasteiger partial charge in [-0.25, -0.2) is 9.18 Å². The Kier molecular flexibility index (Phi) is 4.15. The van der Waals surface area contributed by atoms with E-state index in [9.17, 15) is 19.1 Å². The number of rotatable bonds is 3. The fourth-order valence-electron chi connectivity index (χ4n) is 1.84. The number of nitrogens with one attached hydrogen (secondary N) is 1. The Hall–Kier alpha value is -1.08. The van der Waals surface area contributed by atoms with Crippen LogP contribution >= 0.6 is 27.7 Å². The van der Waals surface area contributed by atoms with Gasteiger partial charge in [-0.15, -0.1) is 0 Å². The summed E-state index contributed by atoms with van der Waals surface area (Å²) >= 11 is 4.61. The predicted molar refractivity (Wildman–Crippen MR) is 73.9 cm³/mol. The van der Waals surface area contributed by atoms with Crippen LogP contribution in [0.15, 0.2) is 22.7 Å². The van der Waals surface area contributed by atoms with Crippen molar-refractivity contribution in [3.05, 3.63) is 34.1 Å². The van der Waals surface area contributed by atoms with Crippen molar-refractivity contribution in [2.24, 2.45) is 0 Å². The molecule has 1 aromatic rings. The third-order valence-electron chi connectivity index (χ3n) is 2.96. The highest BCUT2D eigenvalue weighted by molar-refractivity contribution is 9.10. The lowest BCUT2D eigenvalue weighted by Crippen LogP contribution is -2.54.